The maximum atomic E-state index is 9.09. The van der Waals surface area contributed by atoms with Gasteiger partial charge in [-0.3, -0.25) is 0 Å². The minimum absolute atomic E-state index is 0.125. The van der Waals surface area contributed by atoms with E-state index in [9.17, 15) is 0 Å². The first-order valence-corrected chi connectivity index (χ1v) is 3.30. The topological polar surface area (TPSA) is 58.3 Å². The van der Waals surface area contributed by atoms with Crippen LogP contribution in [-0.4, -0.2) is 30.8 Å². The van der Waals surface area contributed by atoms with Gasteiger partial charge in [0.2, 0.25) is 0 Å². The molecule has 9 heavy (non-hydrogen) atoms. The zero-order valence-corrected chi connectivity index (χ0v) is 6.09. The molecule has 2 atom stereocenters. The highest BCUT2D eigenvalue weighted by Gasteiger charge is 2.09. The van der Waals surface area contributed by atoms with Gasteiger partial charge >= 0.3 is 0 Å². The number of hydrogen-bond donors (Lipinski definition) is 3. The predicted octanol–water partition coefficient (Wildman–Crippen LogP) is -0.696. The molecule has 0 rings (SSSR count). The van der Waals surface area contributed by atoms with Crippen molar-refractivity contribution in [2.75, 3.05) is 13.6 Å². The molecule has 0 aromatic rings. The van der Waals surface area contributed by atoms with Crippen LogP contribution in [0.15, 0.2) is 0 Å². The quantitative estimate of drug-likeness (QED) is 0.474. The first-order valence-electron chi connectivity index (χ1n) is 3.30. The van der Waals surface area contributed by atoms with Gasteiger partial charge in [0, 0.05) is 12.6 Å². The number of likely N-dealkylation sites (N-methyl/N-ethyl adjacent to an activating group) is 1. The molecule has 2 unspecified atom stereocenters. The molecule has 56 valence electrons. The third kappa shape index (κ3) is 3.46. The number of rotatable bonds is 4. The van der Waals surface area contributed by atoms with Crippen LogP contribution in [0.3, 0.4) is 0 Å². The molecule has 3 heteroatoms. The van der Waals surface area contributed by atoms with Crippen molar-refractivity contribution in [3.05, 3.63) is 0 Å². The molecule has 0 aromatic carbocycles. The SMILES string of the molecule is CCC(O)C(N)CNC. The van der Waals surface area contributed by atoms with E-state index >= 15 is 0 Å². The van der Waals surface area contributed by atoms with Crippen molar-refractivity contribution in [1.82, 2.24) is 5.32 Å². The van der Waals surface area contributed by atoms with Crippen LogP contribution in [0.25, 0.3) is 0 Å². The summed E-state index contributed by atoms with van der Waals surface area (Å²) in [5, 5.41) is 12.0. The maximum absolute atomic E-state index is 9.09. The molecule has 0 aliphatic heterocycles. The van der Waals surface area contributed by atoms with Crippen molar-refractivity contribution in [3.8, 4) is 0 Å². The summed E-state index contributed by atoms with van der Waals surface area (Å²) in [5.41, 5.74) is 5.53. The number of aliphatic hydroxyl groups excluding tert-OH is 1. The first-order chi connectivity index (χ1) is 4.22. The van der Waals surface area contributed by atoms with Crippen molar-refractivity contribution < 1.29 is 5.11 Å². The molecule has 0 saturated carbocycles. The van der Waals surface area contributed by atoms with E-state index in [0.29, 0.717) is 6.54 Å². The van der Waals surface area contributed by atoms with E-state index in [-0.39, 0.29) is 12.1 Å². The zero-order valence-electron chi connectivity index (χ0n) is 6.09. The van der Waals surface area contributed by atoms with Crippen LogP contribution in [0.5, 0.6) is 0 Å². The monoisotopic (exact) mass is 132 g/mol. The maximum Gasteiger partial charge on any atom is 0.0700 e. The average Bonchev–Trinajstić information content (AvgIpc) is 1.87. The van der Waals surface area contributed by atoms with Crippen LogP contribution in [0.4, 0.5) is 0 Å². The fraction of sp³-hybridized carbons (Fsp3) is 1.00. The van der Waals surface area contributed by atoms with Crippen LogP contribution < -0.4 is 11.1 Å². The lowest BCUT2D eigenvalue weighted by atomic mass is 10.1. The average molecular weight is 132 g/mol. The predicted molar refractivity (Wildman–Crippen MR) is 38.2 cm³/mol. The molecule has 0 heterocycles. The minimum atomic E-state index is -0.363. The number of aliphatic hydroxyl groups is 1. The van der Waals surface area contributed by atoms with E-state index in [0.717, 1.165) is 6.42 Å². The van der Waals surface area contributed by atoms with Gasteiger partial charge in [-0.2, -0.15) is 0 Å². The smallest absolute Gasteiger partial charge is 0.0700 e. The molecular formula is C6H16N2O. The van der Waals surface area contributed by atoms with E-state index in [1.807, 2.05) is 14.0 Å². The second kappa shape index (κ2) is 4.73. The van der Waals surface area contributed by atoms with Crippen LogP contribution in [0, 0.1) is 0 Å². The van der Waals surface area contributed by atoms with Gasteiger partial charge in [-0.05, 0) is 13.5 Å². The van der Waals surface area contributed by atoms with E-state index in [1.54, 1.807) is 0 Å². The molecule has 0 fully saturated rings. The van der Waals surface area contributed by atoms with Gasteiger partial charge in [0.05, 0.1) is 6.10 Å². The molecule has 0 aromatic heterocycles. The van der Waals surface area contributed by atoms with Gasteiger partial charge in [0.1, 0.15) is 0 Å². The Morgan fingerprint density at radius 2 is 2.22 bits per heavy atom. The summed E-state index contributed by atoms with van der Waals surface area (Å²) in [4.78, 5) is 0. The summed E-state index contributed by atoms with van der Waals surface area (Å²) in [6, 6.07) is -0.125. The molecule has 0 saturated heterocycles. The van der Waals surface area contributed by atoms with Gasteiger partial charge < -0.3 is 16.2 Å². The summed E-state index contributed by atoms with van der Waals surface area (Å²) < 4.78 is 0. The van der Waals surface area contributed by atoms with Gasteiger partial charge in [-0.25, -0.2) is 0 Å². The Hall–Kier alpha value is -0.120. The Bertz CT molecular complexity index is 68.1. The Labute approximate surface area is 56.2 Å². The van der Waals surface area contributed by atoms with Crippen LogP contribution >= 0.6 is 0 Å². The Morgan fingerprint density at radius 3 is 2.56 bits per heavy atom. The molecule has 0 amide bonds. The first kappa shape index (κ1) is 8.88. The summed E-state index contributed by atoms with van der Waals surface area (Å²) in [5.74, 6) is 0. The lowest BCUT2D eigenvalue weighted by molar-refractivity contribution is 0.140. The molecular weight excluding hydrogens is 116 g/mol. The van der Waals surface area contributed by atoms with Crippen molar-refractivity contribution in [2.24, 2.45) is 5.73 Å². The van der Waals surface area contributed by atoms with Gasteiger partial charge in [-0.1, -0.05) is 6.92 Å². The highest BCUT2D eigenvalue weighted by atomic mass is 16.3. The standard InChI is InChI=1S/C6H16N2O/c1-3-6(9)5(7)4-8-2/h5-6,8-9H,3-4,7H2,1-2H3. The fourth-order valence-electron chi connectivity index (χ4n) is 0.674. The Balaban J connectivity index is 3.32. The highest BCUT2D eigenvalue weighted by Crippen LogP contribution is 1.92. The third-order valence-electron chi connectivity index (χ3n) is 1.35. The molecule has 0 aliphatic carbocycles. The lowest BCUT2D eigenvalue weighted by Gasteiger charge is -2.15. The van der Waals surface area contributed by atoms with Crippen LogP contribution in [-0.2, 0) is 0 Å². The van der Waals surface area contributed by atoms with E-state index in [2.05, 4.69) is 5.32 Å². The highest BCUT2D eigenvalue weighted by molar-refractivity contribution is 4.71. The zero-order chi connectivity index (χ0) is 7.28. The van der Waals surface area contributed by atoms with Crippen LogP contribution in [0.1, 0.15) is 13.3 Å². The second-order valence-corrected chi connectivity index (χ2v) is 2.20. The van der Waals surface area contributed by atoms with Crippen molar-refractivity contribution in [1.29, 1.82) is 0 Å². The van der Waals surface area contributed by atoms with Gasteiger partial charge in [0.15, 0.2) is 0 Å². The molecule has 0 spiro atoms. The summed E-state index contributed by atoms with van der Waals surface area (Å²) in [7, 11) is 1.82. The summed E-state index contributed by atoms with van der Waals surface area (Å²) in [6.45, 7) is 2.59. The molecule has 0 aliphatic rings. The van der Waals surface area contributed by atoms with E-state index in [4.69, 9.17) is 10.8 Å². The third-order valence-corrected chi connectivity index (χ3v) is 1.35. The number of hydrogen-bond acceptors (Lipinski definition) is 3. The normalized spacial score (nSPS) is 17.3. The minimum Gasteiger partial charge on any atom is -0.391 e. The fourth-order valence-corrected chi connectivity index (χ4v) is 0.674. The molecule has 0 radical (unpaired) electrons. The van der Waals surface area contributed by atoms with Crippen LogP contribution in [0.2, 0.25) is 0 Å². The van der Waals surface area contributed by atoms with Crippen molar-refractivity contribution >= 4 is 0 Å². The van der Waals surface area contributed by atoms with Gasteiger partial charge in [0.25, 0.3) is 0 Å². The summed E-state index contributed by atoms with van der Waals surface area (Å²) >= 11 is 0. The molecule has 4 N–H and O–H groups in total. The van der Waals surface area contributed by atoms with Crippen molar-refractivity contribution in [2.45, 2.75) is 25.5 Å². The number of nitrogens with one attached hydrogen (secondary N) is 1. The van der Waals surface area contributed by atoms with Gasteiger partial charge in [-0.15, -0.1) is 0 Å². The molecule has 0 bridgehead atoms. The largest absolute Gasteiger partial charge is 0.391 e. The van der Waals surface area contributed by atoms with Crippen molar-refractivity contribution in [3.63, 3.8) is 0 Å². The van der Waals surface area contributed by atoms with E-state index in [1.165, 1.54) is 0 Å². The Kier molecular flexibility index (Phi) is 4.67. The Morgan fingerprint density at radius 1 is 1.67 bits per heavy atom. The number of nitrogens with two attached hydrogens (primary N) is 1. The summed E-state index contributed by atoms with van der Waals surface area (Å²) in [6.07, 6.45) is 0.362. The lowest BCUT2D eigenvalue weighted by Crippen LogP contribution is -2.41. The van der Waals surface area contributed by atoms with E-state index < -0.39 is 0 Å². The second-order valence-electron chi connectivity index (χ2n) is 2.20. The molecule has 3 nitrogen and oxygen atoms in total.